The van der Waals surface area contributed by atoms with Gasteiger partial charge in [-0.2, -0.15) is 35.6 Å². The summed E-state index contributed by atoms with van der Waals surface area (Å²) in [6.45, 7) is -0.270. The van der Waals surface area contributed by atoms with Crippen molar-refractivity contribution in [2.45, 2.75) is 21.2 Å². The minimum Gasteiger partial charge on any atom is -0.870 e. The zero-order valence-corrected chi connectivity index (χ0v) is 39.1. The van der Waals surface area contributed by atoms with Crippen molar-refractivity contribution in [3.63, 3.8) is 0 Å². The molecule has 0 fully saturated rings. The van der Waals surface area contributed by atoms with E-state index in [9.17, 15) is 57.9 Å². The molecule has 3 N–H and O–H groups in total. The zero-order valence-electron chi connectivity index (χ0n) is 29.9. The molecular weight excluding hydrogens is 883 g/mol. The van der Waals surface area contributed by atoms with Crippen LogP contribution < -0.4 is 104 Å². The Morgan fingerprint density at radius 2 is 1.43 bits per heavy atom. The molecule has 0 spiro atoms. The molecule has 5 aromatic carbocycles. The Balaban J connectivity index is 0.00000300. The molecule has 284 valence electrons. The summed E-state index contributed by atoms with van der Waals surface area (Å²) in [6, 6.07) is 15.5. The second kappa shape index (κ2) is 19.3. The fraction of sp³-hybridized carbons (Fsp3) is 0.0312. The fourth-order valence-corrected chi connectivity index (χ4v) is 7.73. The first-order valence-corrected chi connectivity index (χ1v) is 19.5. The van der Waals surface area contributed by atoms with E-state index >= 15 is 0 Å². The van der Waals surface area contributed by atoms with Crippen molar-refractivity contribution >= 4 is 92.3 Å². The van der Waals surface area contributed by atoms with Gasteiger partial charge in [-0.3, -0.25) is 14.1 Å². The van der Waals surface area contributed by atoms with Crippen LogP contribution in [0.3, 0.4) is 0 Å². The molecule has 17 nitrogen and oxygen atoms in total. The van der Waals surface area contributed by atoms with Gasteiger partial charge in [-0.15, -0.1) is 10.2 Å². The SMILES string of the molecule is O=S(=O)([O-])c1ccc(N=C([O-])c2ccccc2)c2c([O-])c(N=Nc3ccc4c(CNc5nc(F)nc(F)c5Cl)cccc4c3S(=O)(=O)O)c(S(=O)(=O)O)cc12.[Na+].[Na+].[Na+]. The number of aliphatic imine (C=N–C) groups is 1. The first-order valence-electron chi connectivity index (χ1n) is 14.9. The normalized spacial score (nSPS) is 12.2. The Bertz CT molecular complexity index is 2990. The summed E-state index contributed by atoms with van der Waals surface area (Å²) < 4.78 is 135. The molecule has 1 heterocycles. The van der Waals surface area contributed by atoms with Gasteiger partial charge in [0.1, 0.15) is 30.6 Å². The van der Waals surface area contributed by atoms with E-state index in [1.165, 1.54) is 48.5 Å². The number of azo groups is 1. The Labute approximate surface area is 398 Å². The number of nitrogens with zero attached hydrogens (tertiary/aromatic N) is 5. The van der Waals surface area contributed by atoms with E-state index in [1.807, 2.05) is 0 Å². The summed E-state index contributed by atoms with van der Waals surface area (Å²) in [5.74, 6) is -4.25. The molecule has 58 heavy (non-hydrogen) atoms. The van der Waals surface area contributed by atoms with Crippen molar-refractivity contribution < 1.29 is 147 Å². The average molecular weight is 901 g/mol. The van der Waals surface area contributed by atoms with E-state index in [-0.39, 0.29) is 117 Å². The van der Waals surface area contributed by atoms with Crippen LogP contribution in [-0.2, 0) is 36.9 Å². The largest absolute Gasteiger partial charge is 1.00 e. The van der Waals surface area contributed by atoms with Crippen LogP contribution in [0.4, 0.5) is 31.7 Å². The Morgan fingerprint density at radius 1 is 0.776 bits per heavy atom. The molecule has 0 radical (unpaired) electrons. The molecule has 1 aromatic heterocycles. The van der Waals surface area contributed by atoms with Gasteiger partial charge < -0.3 is 20.1 Å². The summed E-state index contributed by atoms with van der Waals surface area (Å²) in [5.41, 5.74) is -2.19. The molecule has 0 amide bonds. The molecule has 0 saturated carbocycles. The first-order chi connectivity index (χ1) is 25.8. The van der Waals surface area contributed by atoms with E-state index in [0.717, 1.165) is 12.1 Å². The van der Waals surface area contributed by atoms with Crippen molar-refractivity contribution in [3.05, 3.63) is 107 Å². The molecule has 0 saturated heterocycles. The van der Waals surface area contributed by atoms with Gasteiger partial charge >= 0.3 is 94.8 Å². The van der Waals surface area contributed by atoms with Crippen molar-refractivity contribution in [1.29, 1.82) is 0 Å². The predicted octanol–water partition coefficient (Wildman–Crippen LogP) is -4.34. The third-order valence-corrected chi connectivity index (χ3v) is 10.8. The van der Waals surface area contributed by atoms with Crippen LogP contribution in [0.1, 0.15) is 11.1 Å². The van der Waals surface area contributed by atoms with Gasteiger partial charge in [0.2, 0.25) is 5.95 Å². The van der Waals surface area contributed by atoms with Gasteiger partial charge in [-0.05, 0) is 46.7 Å². The topological polar surface area (TPSA) is 287 Å². The monoisotopic (exact) mass is 900 g/mol. The maximum atomic E-state index is 14.0. The van der Waals surface area contributed by atoms with Crippen LogP contribution in [0.25, 0.3) is 21.5 Å². The third kappa shape index (κ3) is 10.6. The van der Waals surface area contributed by atoms with Gasteiger partial charge in [0.25, 0.3) is 20.2 Å². The standard InChI is InChI=1S/C32H21ClF2N6O11S3.3Na/c33-25-29(34)38-32(35)39-30(25)36-14-16-7-4-8-18-17(16)9-10-21(28(18)55(50,51)52)40-41-26-23(54(47,48)49)13-19-22(53(44,45)46)12-11-20(24(19)27(26)42)37-31(43)15-5-2-1-3-6-15;;;/h1-13,42H,14H2,(H,37,43)(H,36,38,39)(H,44,45,46)(H,47,48,49)(H,50,51,52);;;/q;3*+1/p-3. The summed E-state index contributed by atoms with van der Waals surface area (Å²) in [6.07, 6.45) is -1.43. The van der Waals surface area contributed by atoms with Gasteiger partial charge in [0, 0.05) is 22.7 Å². The van der Waals surface area contributed by atoms with Crippen LogP contribution in [0.15, 0.2) is 109 Å². The Kier molecular flexibility index (Phi) is 16.5. The number of halogens is 3. The summed E-state index contributed by atoms with van der Waals surface area (Å²) >= 11 is 5.81. The number of aromatic nitrogens is 2. The van der Waals surface area contributed by atoms with Crippen molar-refractivity contribution in [2.24, 2.45) is 15.2 Å². The molecule has 0 unspecified atom stereocenters. The van der Waals surface area contributed by atoms with Crippen LogP contribution in [0.5, 0.6) is 5.75 Å². The summed E-state index contributed by atoms with van der Waals surface area (Å²) in [5, 5.41) is 34.4. The minimum absolute atomic E-state index is 0. The maximum Gasteiger partial charge on any atom is 1.00 e. The molecule has 0 aliphatic carbocycles. The second-order valence-electron chi connectivity index (χ2n) is 11.2. The van der Waals surface area contributed by atoms with Crippen molar-refractivity contribution in [3.8, 4) is 5.75 Å². The van der Waals surface area contributed by atoms with Gasteiger partial charge in [0.05, 0.1) is 16.3 Å². The third-order valence-electron chi connectivity index (χ3n) is 7.75. The van der Waals surface area contributed by atoms with E-state index in [0.29, 0.717) is 12.1 Å². The minimum atomic E-state index is -5.50. The van der Waals surface area contributed by atoms with Crippen LogP contribution in [-0.4, -0.2) is 54.8 Å². The summed E-state index contributed by atoms with van der Waals surface area (Å²) in [7, 11) is -16.2. The van der Waals surface area contributed by atoms with Gasteiger partial charge in [0.15, 0.2) is 5.82 Å². The maximum absolute atomic E-state index is 14.0. The fourth-order valence-electron chi connectivity index (χ4n) is 5.44. The van der Waals surface area contributed by atoms with Crippen molar-refractivity contribution in [2.75, 3.05) is 5.32 Å². The quantitative estimate of drug-likeness (QED) is 0.0223. The van der Waals surface area contributed by atoms with E-state index in [1.54, 1.807) is 6.07 Å². The molecule has 0 aliphatic heterocycles. The molecule has 6 rings (SSSR count). The number of benzene rings is 5. The molecule has 0 atom stereocenters. The van der Waals surface area contributed by atoms with E-state index in [4.69, 9.17) is 11.6 Å². The number of fused-ring (bicyclic) bond motifs is 2. The number of hydrogen-bond donors (Lipinski definition) is 3. The molecule has 6 aromatic rings. The number of hydrogen-bond acceptors (Lipinski definition) is 15. The molecular formula is C32H18ClF2N6Na3O11S3. The predicted molar refractivity (Wildman–Crippen MR) is 186 cm³/mol. The first kappa shape index (κ1) is 49.6. The molecule has 0 aliphatic rings. The number of nitrogens with one attached hydrogen (secondary N) is 1. The van der Waals surface area contributed by atoms with Gasteiger partial charge in [-0.1, -0.05) is 71.9 Å². The number of rotatable bonds is 10. The summed E-state index contributed by atoms with van der Waals surface area (Å²) in [4.78, 5) is 6.66. The van der Waals surface area contributed by atoms with Gasteiger partial charge in [-0.25, -0.2) is 8.42 Å². The number of anilines is 1. The van der Waals surface area contributed by atoms with E-state index in [2.05, 4.69) is 30.5 Å². The van der Waals surface area contributed by atoms with Crippen LogP contribution in [0, 0.1) is 12.0 Å². The zero-order chi connectivity index (χ0) is 40.0. The smallest absolute Gasteiger partial charge is 0.870 e. The van der Waals surface area contributed by atoms with Crippen LogP contribution >= 0.6 is 11.6 Å². The van der Waals surface area contributed by atoms with E-state index < -0.39 is 107 Å². The average Bonchev–Trinajstić information content (AvgIpc) is 3.10. The second-order valence-corrected chi connectivity index (χ2v) is 15.6. The van der Waals surface area contributed by atoms with Crippen molar-refractivity contribution in [1.82, 2.24) is 9.97 Å². The Hall–Kier alpha value is -2.75. The Morgan fingerprint density at radius 3 is 2.05 bits per heavy atom. The molecule has 0 bridgehead atoms. The van der Waals surface area contributed by atoms with Crippen LogP contribution in [0.2, 0.25) is 5.02 Å². The molecule has 26 heteroatoms.